The van der Waals surface area contributed by atoms with Crippen molar-refractivity contribution in [3.63, 3.8) is 0 Å². The zero-order chi connectivity index (χ0) is 22.9. The van der Waals surface area contributed by atoms with Crippen LogP contribution in [-0.4, -0.2) is 15.6 Å². The summed E-state index contributed by atoms with van der Waals surface area (Å²) < 4.78 is 46.1. The van der Waals surface area contributed by atoms with Crippen molar-refractivity contribution < 1.29 is 22.7 Å². The average Bonchev–Trinajstić information content (AvgIpc) is 3.15. The molecule has 0 saturated carbocycles. The van der Waals surface area contributed by atoms with E-state index in [4.69, 9.17) is 27.9 Å². The maximum absolute atomic E-state index is 13.2. The number of hydrogen-bond donors (Lipinski definition) is 0. The molecule has 0 amide bonds. The van der Waals surface area contributed by atoms with Crippen LogP contribution in [0.4, 0.5) is 13.2 Å². The van der Waals surface area contributed by atoms with Gasteiger partial charge >= 0.3 is 6.18 Å². The van der Waals surface area contributed by atoms with Gasteiger partial charge in [0.15, 0.2) is 0 Å². The van der Waals surface area contributed by atoms with E-state index in [2.05, 4.69) is 5.10 Å². The molecule has 164 valence electrons. The van der Waals surface area contributed by atoms with Gasteiger partial charge in [-0.15, -0.1) is 0 Å². The first-order valence-electron chi connectivity index (χ1n) is 9.39. The van der Waals surface area contributed by atoms with Gasteiger partial charge in [0.1, 0.15) is 12.2 Å². The Morgan fingerprint density at radius 2 is 1.84 bits per heavy atom. The van der Waals surface area contributed by atoms with Crippen molar-refractivity contribution in [2.75, 3.05) is 0 Å². The number of carbonyl (C=O) groups is 1. The summed E-state index contributed by atoms with van der Waals surface area (Å²) in [5.74, 6) is -0.252. The third-order valence-corrected chi connectivity index (χ3v) is 5.88. The van der Waals surface area contributed by atoms with Gasteiger partial charge in [-0.05, 0) is 55.7 Å². The number of nitrogens with zero attached hydrogens (tertiary/aromatic N) is 2. The third kappa shape index (κ3) is 4.72. The number of rotatable bonds is 6. The number of benzene rings is 2. The van der Waals surface area contributed by atoms with Crippen LogP contribution in [0.5, 0.6) is 5.88 Å². The predicted octanol–water partition coefficient (Wildman–Crippen LogP) is 6.66. The first-order valence-corrected chi connectivity index (χ1v) is 10.1. The Morgan fingerprint density at radius 1 is 1.13 bits per heavy atom. The standard InChI is InChI=1S/C22H19Cl2F3N2O2/c1-4-29-21(31-11-14-6-5-7-15(9-14)22(25,26)27)17(10-28-29)20(30)16-8-12(2)18(23)13(3)19(16)24/h5-10H,4,11H2,1-3H3. The van der Waals surface area contributed by atoms with Gasteiger partial charge < -0.3 is 4.74 Å². The Balaban J connectivity index is 1.94. The molecule has 1 heterocycles. The molecule has 3 rings (SSSR count). The molecule has 0 saturated heterocycles. The lowest BCUT2D eigenvalue weighted by Gasteiger charge is -2.13. The number of aromatic nitrogens is 2. The normalized spacial score (nSPS) is 11.6. The molecule has 31 heavy (non-hydrogen) atoms. The van der Waals surface area contributed by atoms with Crippen LogP contribution in [0.1, 0.15) is 45.1 Å². The zero-order valence-corrected chi connectivity index (χ0v) is 18.5. The van der Waals surface area contributed by atoms with Crippen molar-refractivity contribution in [1.29, 1.82) is 0 Å². The highest BCUT2D eigenvalue weighted by Crippen LogP contribution is 2.34. The molecule has 3 aromatic rings. The molecule has 0 aliphatic heterocycles. The first kappa shape index (κ1) is 23.2. The SMILES string of the molecule is CCn1ncc(C(=O)c2cc(C)c(Cl)c(C)c2Cl)c1OCc1cccc(C(F)(F)F)c1. The predicted molar refractivity (Wildman–Crippen MR) is 113 cm³/mol. The lowest BCUT2D eigenvalue weighted by Crippen LogP contribution is -2.10. The second kappa shape index (κ2) is 8.93. The minimum Gasteiger partial charge on any atom is -0.472 e. The van der Waals surface area contributed by atoms with Crippen LogP contribution in [0.15, 0.2) is 36.5 Å². The molecule has 0 spiro atoms. The topological polar surface area (TPSA) is 44.1 Å². The van der Waals surface area contributed by atoms with Gasteiger partial charge in [0.2, 0.25) is 11.7 Å². The van der Waals surface area contributed by atoms with Crippen molar-refractivity contribution in [3.05, 3.63) is 80.0 Å². The van der Waals surface area contributed by atoms with E-state index in [-0.39, 0.29) is 28.6 Å². The van der Waals surface area contributed by atoms with Crippen LogP contribution in [-0.2, 0) is 19.3 Å². The summed E-state index contributed by atoms with van der Waals surface area (Å²) in [6.07, 6.45) is -3.09. The molecule has 0 radical (unpaired) electrons. The Hall–Kier alpha value is -2.51. The minimum atomic E-state index is -4.45. The molecule has 0 unspecified atom stereocenters. The van der Waals surface area contributed by atoms with E-state index < -0.39 is 17.5 Å². The summed E-state index contributed by atoms with van der Waals surface area (Å²) in [7, 11) is 0. The minimum absolute atomic E-state index is 0.159. The molecular weight excluding hydrogens is 452 g/mol. The van der Waals surface area contributed by atoms with Crippen LogP contribution in [0.2, 0.25) is 10.0 Å². The summed E-state index contributed by atoms with van der Waals surface area (Å²) in [5.41, 5.74) is 1.24. The van der Waals surface area contributed by atoms with Crippen LogP contribution < -0.4 is 4.74 Å². The van der Waals surface area contributed by atoms with Gasteiger partial charge in [-0.25, -0.2) is 4.68 Å². The summed E-state index contributed by atoms with van der Waals surface area (Å²) in [6, 6.07) is 6.43. The first-order chi connectivity index (χ1) is 14.5. The highest BCUT2D eigenvalue weighted by atomic mass is 35.5. The summed E-state index contributed by atoms with van der Waals surface area (Å²) in [6.45, 7) is 5.53. The van der Waals surface area contributed by atoms with Gasteiger partial charge in [0, 0.05) is 17.1 Å². The molecule has 0 aliphatic rings. The maximum atomic E-state index is 13.2. The zero-order valence-electron chi connectivity index (χ0n) is 17.0. The van der Waals surface area contributed by atoms with Gasteiger partial charge in [-0.1, -0.05) is 35.3 Å². The fourth-order valence-electron chi connectivity index (χ4n) is 3.14. The van der Waals surface area contributed by atoms with E-state index in [1.54, 1.807) is 19.9 Å². The number of alkyl halides is 3. The molecule has 0 atom stereocenters. The number of ketones is 1. The Bertz CT molecular complexity index is 1140. The second-order valence-corrected chi connectivity index (χ2v) is 7.75. The van der Waals surface area contributed by atoms with Crippen molar-refractivity contribution in [2.45, 2.75) is 40.1 Å². The number of carbonyl (C=O) groups excluding carboxylic acids is 1. The lowest BCUT2D eigenvalue weighted by molar-refractivity contribution is -0.137. The van der Waals surface area contributed by atoms with Gasteiger partial charge in [0.05, 0.1) is 16.8 Å². The molecular formula is C22H19Cl2F3N2O2. The third-order valence-electron chi connectivity index (χ3n) is 4.81. The van der Waals surface area contributed by atoms with Crippen LogP contribution in [0, 0.1) is 13.8 Å². The van der Waals surface area contributed by atoms with Gasteiger partial charge in [0.25, 0.3) is 0 Å². The molecule has 2 aromatic carbocycles. The molecule has 0 N–H and O–H groups in total. The fourth-order valence-corrected chi connectivity index (χ4v) is 3.58. The van der Waals surface area contributed by atoms with Crippen molar-refractivity contribution in [1.82, 2.24) is 9.78 Å². The van der Waals surface area contributed by atoms with E-state index in [9.17, 15) is 18.0 Å². The number of hydrogen-bond acceptors (Lipinski definition) is 3. The van der Waals surface area contributed by atoms with Gasteiger partial charge in [-0.3, -0.25) is 4.79 Å². The Labute approximate surface area is 187 Å². The molecule has 0 aliphatic carbocycles. The van der Waals surface area contributed by atoms with Crippen molar-refractivity contribution >= 4 is 29.0 Å². The highest BCUT2D eigenvalue weighted by Gasteiger charge is 2.30. The smallest absolute Gasteiger partial charge is 0.416 e. The lowest BCUT2D eigenvalue weighted by atomic mass is 10.0. The van der Waals surface area contributed by atoms with Gasteiger partial charge in [-0.2, -0.15) is 18.3 Å². The molecule has 0 bridgehead atoms. The van der Waals surface area contributed by atoms with Crippen molar-refractivity contribution in [2.24, 2.45) is 0 Å². The average molecular weight is 471 g/mol. The van der Waals surface area contributed by atoms with E-state index in [1.165, 1.54) is 23.0 Å². The summed E-state index contributed by atoms with van der Waals surface area (Å²) in [4.78, 5) is 13.2. The number of aryl methyl sites for hydroxylation is 2. The highest BCUT2D eigenvalue weighted by molar-refractivity contribution is 6.39. The Morgan fingerprint density at radius 3 is 2.48 bits per heavy atom. The monoisotopic (exact) mass is 470 g/mol. The van der Waals surface area contributed by atoms with E-state index in [0.29, 0.717) is 28.3 Å². The quantitative estimate of drug-likeness (QED) is 0.378. The fraction of sp³-hybridized carbons (Fsp3) is 0.273. The molecule has 9 heteroatoms. The molecule has 4 nitrogen and oxygen atoms in total. The van der Waals surface area contributed by atoms with E-state index >= 15 is 0 Å². The number of ether oxygens (including phenoxy) is 1. The van der Waals surface area contributed by atoms with Crippen LogP contribution >= 0.6 is 23.2 Å². The number of halogens is 5. The summed E-state index contributed by atoms with van der Waals surface area (Å²) >= 11 is 12.6. The maximum Gasteiger partial charge on any atom is 0.416 e. The van der Waals surface area contributed by atoms with E-state index in [1.807, 2.05) is 6.92 Å². The van der Waals surface area contributed by atoms with E-state index in [0.717, 1.165) is 12.1 Å². The molecule has 0 fully saturated rings. The largest absolute Gasteiger partial charge is 0.472 e. The summed E-state index contributed by atoms with van der Waals surface area (Å²) in [5, 5.41) is 4.87. The Kier molecular flexibility index (Phi) is 6.67. The second-order valence-electron chi connectivity index (χ2n) is 6.99. The molecule has 1 aromatic heterocycles. The van der Waals surface area contributed by atoms with Crippen LogP contribution in [0.3, 0.4) is 0 Å². The van der Waals surface area contributed by atoms with Crippen LogP contribution in [0.25, 0.3) is 0 Å². The van der Waals surface area contributed by atoms with Crippen molar-refractivity contribution in [3.8, 4) is 5.88 Å².